The SMILES string of the molecule is COC(=O)C(NP(=O)(OC[C@@H]1C[C@@H](O)[C@H](n2cnc(C(N)=O)c2O)O1)Oc1ccccc1)C(C)C. The molecule has 1 amide bonds. The Labute approximate surface area is 201 Å². The number of hydrogen-bond donors (Lipinski definition) is 4. The van der Waals surface area contributed by atoms with Gasteiger partial charge in [0, 0.05) is 6.42 Å². The summed E-state index contributed by atoms with van der Waals surface area (Å²) in [6.45, 7) is 3.18. The number of aliphatic hydroxyl groups is 1. The second kappa shape index (κ2) is 11.2. The van der Waals surface area contributed by atoms with E-state index in [1.807, 2.05) is 0 Å². The fraction of sp³-hybridized carbons (Fsp3) is 0.476. The molecule has 3 rings (SSSR count). The van der Waals surface area contributed by atoms with Crippen molar-refractivity contribution in [3.05, 3.63) is 42.4 Å². The van der Waals surface area contributed by atoms with Crippen molar-refractivity contribution in [2.45, 2.75) is 44.7 Å². The van der Waals surface area contributed by atoms with Crippen molar-refractivity contribution in [2.24, 2.45) is 11.7 Å². The number of methoxy groups -OCH3 is 1. The first-order chi connectivity index (χ1) is 16.5. The summed E-state index contributed by atoms with van der Waals surface area (Å²) in [5, 5.41) is 23.3. The third-order valence-corrected chi connectivity index (χ3v) is 6.79. The number of aliphatic hydroxyl groups excluding tert-OH is 1. The van der Waals surface area contributed by atoms with Crippen LogP contribution >= 0.6 is 7.75 Å². The number of carbonyl (C=O) groups is 2. The number of aromatic nitrogens is 2. The second-order valence-corrected chi connectivity index (χ2v) is 9.91. The molecular weight excluding hydrogens is 483 g/mol. The Hall–Kier alpha value is -2.96. The number of ether oxygens (including phenoxy) is 2. The van der Waals surface area contributed by atoms with Crippen molar-refractivity contribution in [1.29, 1.82) is 0 Å². The molecule has 0 spiro atoms. The van der Waals surface area contributed by atoms with Gasteiger partial charge < -0.3 is 29.9 Å². The van der Waals surface area contributed by atoms with E-state index in [1.165, 1.54) is 7.11 Å². The molecule has 2 heterocycles. The zero-order chi connectivity index (χ0) is 25.8. The van der Waals surface area contributed by atoms with Gasteiger partial charge >= 0.3 is 13.7 Å². The molecule has 1 aliphatic rings. The Morgan fingerprint density at radius 2 is 2.03 bits per heavy atom. The van der Waals surface area contributed by atoms with Gasteiger partial charge in [-0.25, -0.2) is 9.55 Å². The van der Waals surface area contributed by atoms with E-state index in [1.54, 1.807) is 44.2 Å². The van der Waals surface area contributed by atoms with E-state index in [9.17, 15) is 24.4 Å². The number of hydrogen-bond acceptors (Lipinski definition) is 10. The molecule has 2 unspecified atom stereocenters. The lowest BCUT2D eigenvalue weighted by molar-refractivity contribution is -0.143. The van der Waals surface area contributed by atoms with Gasteiger partial charge in [-0.05, 0) is 18.1 Å². The highest BCUT2D eigenvalue weighted by Gasteiger charge is 2.41. The number of aromatic hydroxyl groups is 1. The van der Waals surface area contributed by atoms with E-state index in [4.69, 9.17) is 24.3 Å². The summed E-state index contributed by atoms with van der Waals surface area (Å²) in [5.41, 5.74) is 4.79. The summed E-state index contributed by atoms with van der Waals surface area (Å²) in [6, 6.07) is 7.26. The highest BCUT2D eigenvalue weighted by Crippen LogP contribution is 2.46. The summed E-state index contributed by atoms with van der Waals surface area (Å²) >= 11 is 0. The fourth-order valence-corrected chi connectivity index (χ4v) is 5.15. The van der Waals surface area contributed by atoms with Crippen molar-refractivity contribution in [2.75, 3.05) is 13.7 Å². The fourth-order valence-electron chi connectivity index (χ4n) is 3.46. The van der Waals surface area contributed by atoms with Crippen LogP contribution in [0.3, 0.4) is 0 Å². The van der Waals surface area contributed by atoms with Crippen molar-refractivity contribution in [3.63, 3.8) is 0 Å². The lowest BCUT2D eigenvalue weighted by Gasteiger charge is -2.27. The number of benzene rings is 1. The van der Waals surface area contributed by atoms with Gasteiger partial charge in [-0.1, -0.05) is 32.0 Å². The maximum absolute atomic E-state index is 13.7. The van der Waals surface area contributed by atoms with Crippen molar-refractivity contribution >= 4 is 19.6 Å². The quantitative estimate of drug-likeness (QED) is 0.251. The third-order valence-electron chi connectivity index (χ3n) is 5.26. The monoisotopic (exact) mass is 512 g/mol. The molecule has 35 heavy (non-hydrogen) atoms. The van der Waals surface area contributed by atoms with Crippen molar-refractivity contribution in [3.8, 4) is 11.6 Å². The molecule has 0 bridgehead atoms. The van der Waals surface area contributed by atoms with Crippen molar-refractivity contribution < 1.29 is 42.9 Å². The Balaban J connectivity index is 1.75. The number of nitrogens with one attached hydrogen (secondary N) is 1. The molecule has 1 aromatic heterocycles. The van der Waals surface area contributed by atoms with Gasteiger partial charge in [0.25, 0.3) is 5.91 Å². The Morgan fingerprint density at radius 1 is 1.34 bits per heavy atom. The number of rotatable bonds is 11. The Morgan fingerprint density at radius 3 is 2.60 bits per heavy atom. The first kappa shape index (κ1) is 26.6. The molecule has 1 aliphatic heterocycles. The van der Waals surface area contributed by atoms with E-state index in [0.29, 0.717) is 0 Å². The molecule has 192 valence electrons. The van der Waals surface area contributed by atoms with Crippen LogP contribution < -0.4 is 15.3 Å². The molecule has 1 fully saturated rings. The minimum absolute atomic E-state index is 0.0458. The van der Waals surface area contributed by atoms with E-state index < -0.39 is 50.0 Å². The molecule has 2 aromatic rings. The highest BCUT2D eigenvalue weighted by atomic mass is 31.2. The molecule has 5 atom stereocenters. The molecule has 13 nitrogen and oxygen atoms in total. The van der Waals surface area contributed by atoms with Crippen LogP contribution in [0, 0.1) is 5.92 Å². The number of amides is 1. The lowest BCUT2D eigenvalue weighted by Crippen LogP contribution is -2.41. The largest absolute Gasteiger partial charge is 0.493 e. The lowest BCUT2D eigenvalue weighted by atomic mass is 10.1. The molecule has 1 aromatic carbocycles. The van der Waals surface area contributed by atoms with E-state index >= 15 is 0 Å². The van der Waals surface area contributed by atoms with E-state index in [-0.39, 0.29) is 30.4 Å². The number of primary amides is 1. The predicted molar refractivity (Wildman–Crippen MR) is 121 cm³/mol. The molecule has 14 heteroatoms. The second-order valence-electron chi connectivity index (χ2n) is 8.21. The van der Waals surface area contributed by atoms with Crippen LogP contribution in [-0.4, -0.2) is 63.6 Å². The van der Waals surface area contributed by atoms with E-state index in [2.05, 4.69) is 10.1 Å². The Bertz CT molecular complexity index is 1080. The summed E-state index contributed by atoms with van der Waals surface area (Å²) in [6.07, 6.45) is -1.82. The molecule has 5 N–H and O–H groups in total. The van der Waals surface area contributed by atoms with Crippen LogP contribution in [0.2, 0.25) is 0 Å². The van der Waals surface area contributed by atoms with Gasteiger partial charge in [-0.15, -0.1) is 0 Å². The zero-order valence-electron chi connectivity index (χ0n) is 19.4. The van der Waals surface area contributed by atoms with Crippen LogP contribution in [0.4, 0.5) is 0 Å². The van der Waals surface area contributed by atoms with Gasteiger partial charge in [0.05, 0.1) is 19.8 Å². The summed E-state index contributed by atoms with van der Waals surface area (Å²) < 4.78 is 36.5. The predicted octanol–water partition coefficient (Wildman–Crippen LogP) is 1.33. The number of nitrogens with zero attached hydrogens (tertiary/aromatic N) is 2. The topological polar surface area (TPSA) is 184 Å². The minimum atomic E-state index is -4.14. The molecule has 0 aliphatic carbocycles. The first-order valence-electron chi connectivity index (χ1n) is 10.8. The summed E-state index contributed by atoms with van der Waals surface area (Å²) in [4.78, 5) is 27.3. The molecular formula is C21H29N4O9P. The number of imidazole rings is 1. The summed E-state index contributed by atoms with van der Waals surface area (Å²) in [7, 11) is -2.93. The molecule has 0 saturated carbocycles. The first-order valence-corrected chi connectivity index (χ1v) is 12.3. The number of para-hydroxylation sites is 1. The maximum atomic E-state index is 13.7. The number of esters is 1. The van der Waals surface area contributed by atoms with E-state index in [0.717, 1.165) is 10.9 Å². The molecule has 0 radical (unpaired) electrons. The van der Waals surface area contributed by atoms with Gasteiger partial charge in [0.15, 0.2) is 11.9 Å². The zero-order valence-corrected chi connectivity index (χ0v) is 20.3. The smallest absolute Gasteiger partial charge is 0.459 e. The highest BCUT2D eigenvalue weighted by molar-refractivity contribution is 7.52. The minimum Gasteiger partial charge on any atom is -0.493 e. The number of nitrogens with two attached hydrogens (primary N) is 1. The van der Waals surface area contributed by atoms with Gasteiger partial charge in [0.1, 0.15) is 24.2 Å². The normalized spacial score (nSPS) is 22.5. The average Bonchev–Trinajstić information content (AvgIpc) is 3.38. The van der Waals surface area contributed by atoms with Gasteiger partial charge in [-0.3, -0.25) is 18.7 Å². The standard InChI is InChI=1S/C21H29N4O9P/c1-12(2)16(21(29)31-3)24-35(30,34-13-7-5-4-6-8-13)32-10-14-9-15(26)20(33-14)25-11-23-17(18(22)27)19(25)28/h4-8,11-12,14-16,20,26,28H,9-10H2,1-3H3,(H2,22,27)(H,24,30)/t14-,15+,16?,20+,35?/m0/s1. The van der Waals surface area contributed by atoms with Crippen molar-refractivity contribution in [1.82, 2.24) is 14.6 Å². The van der Waals surface area contributed by atoms with Gasteiger partial charge in [0.2, 0.25) is 5.88 Å². The summed E-state index contributed by atoms with van der Waals surface area (Å²) in [5.74, 6) is -2.21. The Kier molecular flexibility index (Phi) is 8.51. The average molecular weight is 512 g/mol. The van der Waals surface area contributed by atoms with Crippen LogP contribution in [-0.2, 0) is 23.4 Å². The van der Waals surface area contributed by atoms with Crippen LogP contribution in [0.5, 0.6) is 11.6 Å². The maximum Gasteiger partial charge on any atom is 0.459 e. The van der Waals surface area contributed by atoms with Crippen LogP contribution in [0.15, 0.2) is 36.7 Å². The van der Waals surface area contributed by atoms with Crippen LogP contribution in [0.25, 0.3) is 0 Å². The van der Waals surface area contributed by atoms with Crippen LogP contribution in [0.1, 0.15) is 37.0 Å². The van der Waals surface area contributed by atoms with Gasteiger partial charge in [-0.2, -0.15) is 5.09 Å². The number of carbonyl (C=O) groups excluding carboxylic acids is 2. The molecule has 1 saturated heterocycles. The third kappa shape index (κ3) is 6.38.